The van der Waals surface area contributed by atoms with Crippen LogP contribution < -0.4 is 4.90 Å². The summed E-state index contributed by atoms with van der Waals surface area (Å²) in [6.45, 7) is 12.3. The van der Waals surface area contributed by atoms with Crippen LogP contribution in [0.25, 0.3) is 0 Å². The molecule has 3 nitrogen and oxygen atoms in total. The Morgan fingerprint density at radius 2 is 1.84 bits per heavy atom. The van der Waals surface area contributed by atoms with Crippen LogP contribution in [0.15, 0.2) is 12.3 Å². The van der Waals surface area contributed by atoms with Gasteiger partial charge in [0.1, 0.15) is 5.82 Å². The molecule has 0 aromatic carbocycles. The molecular formula is C15H23ClN2O. The van der Waals surface area contributed by atoms with Crippen molar-refractivity contribution in [2.24, 2.45) is 0 Å². The minimum atomic E-state index is -0.166. The normalized spacial score (nSPS) is 21.5. The fourth-order valence-corrected chi connectivity index (χ4v) is 3.11. The lowest BCUT2D eigenvalue weighted by atomic mass is 9.98. The van der Waals surface area contributed by atoms with E-state index in [1.165, 1.54) is 5.56 Å². The van der Waals surface area contributed by atoms with Crippen LogP contribution in [0.5, 0.6) is 0 Å². The summed E-state index contributed by atoms with van der Waals surface area (Å²) in [7, 11) is 0. The number of nitrogens with zero attached hydrogens (tertiary/aromatic N) is 2. The minimum absolute atomic E-state index is 0.166. The topological polar surface area (TPSA) is 25.4 Å². The maximum absolute atomic E-state index is 6.11. The van der Waals surface area contributed by atoms with Crippen LogP contribution in [0.2, 0.25) is 0 Å². The van der Waals surface area contributed by atoms with Crippen LogP contribution in [0.3, 0.4) is 0 Å². The molecule has 19 heavy (non-hydrogen) atoms. The van der Waals surface area contributed by atoms with Gasteiger partial charge in [-0.05, 0) is 51.8 Å². The van der Waals surface area contributed by atoms with E-state index in [0.717, 1.165) is 24.5 Å². The average molecular weight is 283 g/mol. The standard InChI is InChI=1S/C15H23ClN2O/c1-11-6-12(7-16)8-17-13(11)18-9-14(2,3)19-15(4,5)10-18/h6,8H,7,9-10H2,1-5H3. The van der Waals surface area contributed by atoms with Gasteiger partial charge in [-0.3, -0.25) is 0 Å². The van der Waals surface area contributed by atoms with Gasteiger partial charge in [-0.25, -0.2) is 4.98 Å². The van der Waals surface area contributed by atoms with Crippen molar-refractivity contribution < 1.29 is 4.74 Å². The molecule has 2 rings (SSSR count). The van der Waals surface area contributed by atoms with E-state index in [2.05, 4.69) is 50.6 Å². The average Bonchev–Trinajstić information content (AvgIpc) is 2.24. The summed E-state index contributed by atoms with van der Waals surface area (Å²) in [5.41, 5.74) is 1.91. The largest absolute Gasteiger partial charge is 0.366 e. The van der Waals surface area contributed by atoms with Gasteiger partial charge in [0.15, 0.2) is 0 Å². The van der Waals surface area contributed by atoms with Crippen molar-refractivity contribution in [2.45, 2.75) is 51.7 Å². The zero-order valence-corrected chi connectivity index (χ0v) is 13.2. The number of ether oxygens (including phenoxy) is 1. The summed E-state index contributed by atoms with van der Waals surface area (Å²) in [5, 5.41) is 0. The monoisotopic (exact) mass is 282 g/mol. The molecule has 0 aliphatic carbocycles. The van der Waals surface area contributed by atoms with Crippen LogP contribution in [0.1, 0.15) is 38.8 Å². The van der Waals surface area contributed by atoms with E-state index in [0.29, 0.717) is 5.88 Å². The molecule has 4 heteroatoms. The Hall–Kier alpha value is -0.800. The van der Waals surface area contributed by atoms with Gasteiger partial charge in [0, 0.05) is 25.2 Å². The Kier molecular flexibility index (Phi) is 3.80. The highest BCUT2D eigenvalue weighted by Gasteiger charge is 2.38. The molecule has 1 aromatic rings. The van der Waals surface area contributed by atoms with E-state index in [1.807, 2.05) is 6.20 Å². The number of aromatic nitrogens is 1. The van der Waals surface area contributed by atoms with Crippen molar-refractivity contribution in [1.29, 1.82) is 0 Å². The number of hydrogen-bond acceptors (Lipinski definition) is 3. The van der Waals surface area contributed by atoms with E-state index in [4.69, 9.17) is 16.3 Å². The van der Waals surface area contributed by atoms with Gasteiger partial charge in [-0.2, -0.15) is 0 Å². The molecule has 1 aliphatic heterocycles. The third-order valence-corrected chi connectivity index (χ3v) is 3.57. The quantitative estimate of drug-likeness (QED) is 0.776. The van der Waals surface area contributed by atoms with E-state index in [9.17, 15) is 0 Å². The smallest absolute Gasteiger partial charge is 0.131 e. The van der Waals surface area contributed by atoms with Crippen molar-refractivity contribution >= 4 is 17.4 Å². The summed E-state index contributed by atoms with van der Waals surface area (Å²) in [5.74, 6) is 1.55. The molecule has 0 amide bonds. The fraction of sp³-hybridized carbons (Fsp3) is 0.667. The van der Waals surface area contributed by atoms with Crippen molar-refractivity contribution in [2.75, 3.05) is 18.0 Å². The van der Waals surface area contributed by atoms with Crippen LogP contribution >= 0.6 is 11.6 Å². The lowest BCUT2D eigenvalue weighted by molar-refractivity contribution is -0.133. The molecule has 1 fully saturated rings. The molecule has 0 bridgehead atoms. The second kappa shape index (κ2) is 4.95. The van der Waals surface area contributed by atoms with Gasteiger partial charge >= 0.3 is 0 Å². The van der Waals surface area contributed by atoms with E-state index in [-0.39, 0.29) is 11.2 Å². The summed E-state index contributed by atoms with van der Waals surface area (Å²) in [6.07, 6.45) is 1.87. The highest BCUT2D eigenvalue weighted by molar-refractivity contribution is 6.17. The van der Waals surface area contributed by atoms with Crippen LogP contribution in [-0.2, 0) is 10.6 Å². The third-order valence-electron chi connectivity index (χ3n) is 3.26. The predicted molar refractivity (Wildman–Crippen MR) is 80.0 cm³/mol. The number of halogens is 1. The van der Waals surface area contributed by atoms with Crippen LogP contribution in [0, 0.1) is 6.92 Å². The fourth-order valence-electron chi connectivity index (χ4n) is 2.97. The minimum Gasteiger partial charge on any atom is -0.366 e. The first-order valence-corrected chi connectivity index (χ1v) is 7.22. The molecule has 0 spiro atoms. The number of anilines is 1. The number of aryl methyl sites for hydroxylation is 1. The van der Waals surface area contributed by atoms with E-state index in [1.54, 1.807) is 0 Å². The lowest BCUT2D eigenvalue weighted by Gasteiger charge is -2.47. The van der Waals surface area contributed by atoms with E-state index < -0.39 is 0 Å². The lowest BCUT2D eigenvalue weighted by Crippen LogP contribution is -2.57. The molecular weight excluding hydrogens is 260 g/mol. The van der Waals surface area contributed by atoms with Crippen LogP contribution in [-0.4, -0.2) is 29.3 Å². The van der Waals surface area contributed by atoms with E-state index >= 15 is 0 Å². The first-order chi connectivity index (χ1) is 8.72. The summed E-state index contributed by atoms with van der Waals surface area (Å²) < 4.78 is 6.11. The first kappa shape index (κ1) is 14.6. The van der Waals surface area contributed by atoms with Gasteiger partial charge in [0.2, 0.25) is 0 Å². The SMILES string of the molecule is Cc1cc(CCl)cnc1N1CC(C)(C)OC(C)(C)C1. The first-order valence-electron chi connectivity index (χ1n) is 6.69. The van der Waals surface area contributed by atoms with Crippen molar-refractivity contribution in [3.05, 3.63) is 23.4 Å². The number of morpholine rings is 1. The Morgan fingerprint density at radius 3 is 2.32 bits per heavy atom. The van der Waals surface area contributed by atoms with Gasteiger partial charge in [0.05, 0.1) is 11.2 Å². The van der Waals surface area contributed by atoms with Crippen molar-refractivity contribution in [3.63, 3.8) is 0 Å². The number of alkyl halides is 1. The van der Waals surface area contributed by atoms with Crippen molar-refractivity contribution in [3.8, 4) is 0 Å². The van der Waals surface area contributed by atoms with Gasteiger partial charge < -0.3 is 9.64 Å². The maximum Gasteiger partial charge on any atom is 0.131 e. The second-order valence-electron chi connectivity index (χ2n) is 6.60. The maximum atomic E-state index is 6.11. The zero-order valence-electron chi connectivity index (χ0n) is 12.5. The van der Waals surface area contributed by atoms with Gasteiger partial charge in [-0.1, -0.05) is 0 Å². The number of rotatable bonds is 2. The Balaban J connectivity index is 2.31. The molecule has 0 atom stereocenters. The molecule has 1 saturated heterocycles. The molecule has 0 unspecified atom stereocenters. The Bertz CT molecular complexity index is 455. The molecule has 0 N–H and O–H groups in total. The molecule has 0 radical (unpaired) electrons. The summed E-state index contributed by atoms with van der Waals surface area (Å²) in [6, 6.07) is 2.12. The zero-order chi connectivity index (χ0) is 14.3. The van der Waals surface area contributed by atoms with Crippen molar-refractivity contribution in [1.82, 2.24) is 4.98 Å². The Morgan fingerprint density at radius 1 is 1.26 bits per heavy atom. The molecule has 106 valence electrons. The summed E-state index contributed by atoms with van der Waals surface area (Å²) >= 11 is 5.85. The molecule has 1 aromatic heterocycles. The molecule has 2 heterocycles. The van der Waals surface area contributed by atoms with Gasteiger partial charge in [-0.15, -0.1) is 11.6 Å². The second-order valence-corrected chi connectivity index (χ2v) is 6.86. The van der Waals surface area contributed by atoms with Gasteiger partial charge in [0.25, 0.3) is 0 Å². The molecule has 1 aliphatic rings. The third kappa shape index (κ3) is 3.40. The number of hydrogen-bond donors (Lipinski definition) is 0. The predicted octanol–water partition coefficient (Wildman–Crippen LogP) is 3.52. The van der Waals surface area contributed by atoms with Crippen LogP contribution in [0.4, 0.5) is 5.82 Å². The highest BCUT2D eigenvalue weighted by Crippen LogP contribution is 2.32. The highest BCUT2D eigenvalue weighted by atomic mass is 35.5. The summed E-state index contributed by atoms with van der Waals surface area (Å²) in [4.78, 5) is 6.91. The molecule has 0 saturated carbocycles. The Labute approximate surface area is 120 Å². The number of pyridine rings is 1.